The van der Waals surface area contributed by atoms with Crippen molar-refractivity contribution in [2.24, 2.45) is 5.73 Å². The van der Waals surface area contributed by atoms with Gasteiger partial charge in [0.1, 0.15) is 5.82 Å². The molecule has 0 aliphatic rings. The number of aromatic nitrogens is 2. The van der Waals surface area contributed by atoms with Gasteiger partial charge in [0.15, 0.2) is 0 Å². The second-order valence-corrected chi connectivity index (χ2v) is 5.26. The van der Waals surface area contributed by atoms with Crippen LogP contribution in [-0.2, 0) is 6.54 Å². The average Bonchev–Trinajstić information content (AvgIpc) is 3.11. The molecule has 0 unspecified atom stereocenters. The molecular weight excluding hydrogens is 288 g/mol. The molecule has 1 aromatic heterocycles. The van der Waals surface area contributed by atoms with E-state index in [2.05, 4.69) is 27.4 Å². The van der Waals surface area contributed by atoms with Gasteiger partial charge in [0.25, 0.3) is 0 Å². The lowest BCUT2D eigenvalue weighted by atomic mass is 10.1. The highest BCUT2D eigenvalue weighted by Gasteiger charge is 2.15. The van der Waals surface area contributed by atoms with Crippen LogP contribution in [0.15, 0.2) is 67.0 Å². The number of hydrogen-bond acceptors (Lipinski definition) is 3. The van der Waals surface area contributed by atoms with Crippen molar-refractivity contribution in [3.63, 3.8) is 0 Å². The lowest BCUT2D eigenvalue weighted by Crippen LogP contribution is -2.23. The standard InChI is InChI=1S/C18H18N4O/c19-17(23)15-8-4-5-13(11-15)12-22-16(18-20-9-10-21-18)14-6-2-1-3-7-14/h1-11,16,22H,12H2,(H2,19,23)(H,20,21)/t16-/m0/s1. The predicted octanol–water partition coefficient (Wildman–Crippen LogP) is 2.39. The van der Waals surface area contributed by atoms with Gasteiger partial charge in [-0.3, -0.25) is 10.1 Å². The molecule has 5 heteroatoms. The van der Waals surface area contributed by atoms with Crippen LogP contribution in [0.5, 0.6) is 0 Å². The van der Waals surface area contributed by atoms with Gasteiger partial charge in [-0.25, -0.2) is 4.98 Å². The molecule has 0 fully saturated rings. The Morgan fingerprint density at radius 2 is 2.00 bits per heavy atom. The number of amides is 1. The van der Waals surface area contributed by atoms with Crippen LogP contribution in [0.3, 0.4) is 0 Å². The lowest BCUT2D eigenvalue weighted by molar-refractivity contribution is 0.1000. The molecule has 116 valence electrons. The van der Waals surface area contributed by atoms with Crippen LogP contribution < -0.4 is 11.1 Å². The Bertz CT molecular complexity index is 769. The third-order valence-electron chi connectivity index (χ3n) is 3.65. The Hall–Kier alpha value is -2.92. The molecule has 0 bridgehead atoms. The van der Waals surface area contributed by atoms with Gasteiger partial charge in [0.2, 0.25) is 5.91 Å². The minimum atomic E-state index is -0.419. The van der Waals surface area contributed by atoms with Crippen LogP contribution in [0.2, 0.25) is 0 Å². The number of carbonyl (C=O) groups is 1. The van der Waals surface area contributed by atoms with Crippen molar-refractivity contribution in [1.82, 2.24) is 15.3 Å². The summed E-state index contributed by atoms with van der Waals surface area (Å²) >= 11 is 0. The quantitative estimate of drug-likeness (QED) is 0.654. The van der Waals surface area contributed by atoms with E-state index in [1.165, 1.54) is 0 Å². The largest absolute Gasteiger partial charge is 0.366 e. The first-order chi connectivity index (χ1) is 11.2. The summed E-state index contributed by atoms with van der Waals surface area (Å²) in [6.45, 7) is 0.599. The molecule has 3 aromatic rings. The first-order valence-electron chi connectivity index (χ1n) is 7.40. The normalized spacial score (nSPS) is 12.0. The molecule has 4 N–H and O–H groups in total. The number of primary amides is 1. The number of nitrogens with two attached hydrogens (primary N) is 1. The lowest BCUT2D eigenvalue weighted by Gasteiger charge is -2.17. The maximum absolute atomic E-state index is 11.3. The highest BCUT2D eigenvalue weighted by Crippen LogP contribution is 2.19. The number of carbonyl (C=O) groups excluding carboxylic acids is 1. The minimum absolute atomic E-state index is 0.0524. The van der Waals surface area contributed by atoms with Crippen LogP contribution >= 0.6 is 0 Å². The fourth-order valence-corrected chi connectivity index (χ4v) is 2.51. The summed E-state index contributed by atoms with van der Waals surface area (Å²) in [5.41, 5.74) is 7.96. The summed E-state index contributed by atoms with van der Waals surface area (Å²) in [6, 6.07) is 17.4. The second kappa shape index (κ2) is 6.89. The predicted molar refractivity (Wildman–Crippen MR) is 88.7 cm³/mol. The third-order valence-corrected chi connectivity index (χ3v) is 3.65. The Morgan fingerprint density at radius 1 is 1.17 bits per heavy atom. The number of nitrogens with one attached hydrogen (secondary N) is 2. The van der Waals surface area contributed by atoms with E-state index in [9.17, 15) is 4.79 Å². The zero-order chi connectivity index (χ0) is 16.1. The van der Waals surface area contributed by atoms with Crippen molar-refractivity contribution in [2.45, 2.75) is 12.6 Å². The summed E-state index contributed by atoms with van der Waals surface area (Å²) in [5, 5.41) is 3.48. The van der Waals surface area contributed by atoms with Crippen molar-refractivity contribution in [3.8, 4) is 0 Å². The molecular formula is C18H18N4O. The van der Waals surface area contributed by atoms with Gasteiger partial charge in [-0.2, -0.15) is 0 Å². The molecule has 1 heterocycles. The summed E-state index contributed by atoms with van der Waals surface area (Å²) in [6.07, 6.45) is 3.54. The Labute approximate surface area is 134 Å². The zero-order valence-electron chi connectivity index (χ0n) is 12.6. The monoisotopic (exact) mass is 306 g/mol. The second-order valence-electron chi connectivity index (χ2n) is 5.26. The smallest absolute Gasteiger partial charge is 0.248 e. The van der Waals surface area contributed by atoms with Crippen LogP contribution in [0.25, 0.3) is 0 Å². The minimum Gasteiger partial charge on any atom is -0.366 e. The molecule has 0 radical (unpaired) electrons. The van der Waals surface area contributed by atoms with Crippen molar-refractivity contribution < 1.29 is 4.79 Å². The van der Waals surface area contributed by atoms with E-state index in [0.717, 1.165) is 17.0 Å². The molecule has 0 aliphatic carbocycles. The first kappa shape index (κ1) is 15.0. The number of rotatable bonds is 6. The van der Waals surface area contributed by atoms with Crippen molar-refractivity contribution in [2.75, 3.05) is 0 Å². The Morgan fingerprint density at radius 3 is 2.70 bits per heavy atom. The van der Waals surface area contributed by atoms with Crippen LogP contribution in [-0.4, -0.2) is 15.9 Å². The number of aromatic amines is 1. The summed E-state index contributed by atoms with van der Waals surface area (Å²) in [7, 11) is 0. The van der Waals surface area contributed by atoms with Crippen molar-refractivity contribution in [1.29, 1.82) is 0 Å². The van der Waals surface area contributed by atoms with Gasteiger partial charge < -0.3 is 10.7 Å². The Balaban J connectivity index is 1.80. The van der Waals surface area contributed by atoms with E-state index in [0.29, 0.717) is 12.1 Å². The molecule has 1 amide bonds. The van der Waals surface area contributed by atoms with Crippen molar-refractivity contribution >= 4 is 5.91 Å². The van der Waals surface area contributed by atoms with E-state index in [1.807, 2.05) is 30.3 Å². The molecule has 0 saturated carbocycles. The summed E-state index contributed by atoms with van der Waals surface area (Å²) < 4.78 is 0. The fourth-order valence-electron chi connectivity index (χ4n) is 2.51. The topological polar surface area (TPSA) is 83.8 Å². The number of benzene rings is 2. The SMILES string of the molecule is NC(=O)c1cccc(CN[C@@H](c2ccccc2)c2ncc[nH]2)c1. The first-order valence-corrected chi connectivity index (χ1v) is 7.40. The molecule has 0 spiro atoms. The van der Waals surface area contributed by atoms with Gasteiger partial charge in [0, 0.05) is 24.5 Å². The van der Waals surface area contributed by atoms with E-state index < -0.39 is 5.91 Å². The molecule has 0 aliphatic heterocycles. The van der Waals surface area contributed by atoms with E-state index in [4.69, 9.17) is 5.73 Å². The Kier molecular flexibility index (Phi) is 4.49. The molecule has 0 saturated heterocycles. The van der Waals surface area contributed by atoms with Gasteiger partial charge in [0.05, 0.1) is 6.04 Å². The van der Waals surface area contributed by atoms with E-state index in [-0.39, 0.29) is 6.04 Å². The number of nitrogens with zero attached hydrogens (tertiary/aromatic N) is 1. The van der Waals surface area contributed by atoms with Crippen molar-refractivity contribution in [3.05, 3.63) is 89.5 Å². The van der Waals surface area contributed by atoms with Crippen LogP contribution in [0.1, 0.15) is 33.4 Å². The molecule has 5 nitrogen and oxygen atoms in total. The third kappa shape index (κ3) is 3.64. The fraction of sp³-hybridized carbons (Fsp3) is 0.111. The van der Waals surface area contributed by atoms with E-state index in [1.54, 1.807) is 24.5 Å². The van der Waals surface area contributed by atoms with Crippen LogP contribution in [0.4, 0.5) is 0 Å². The number of H-pyrrole nitrogens is 1. The number of hydrogen-bond donors (Lipinski definition) is 3. The molecule has 1 atom stereocenters. The number of imidazole rings is 1. The summed E-state index contributed by atoms with van der Waals surface area (Å²) in [5.74, 6) is 0.430. The van der Waals surface area contributed by atoms with Gasteiger partial charge >= 0.3 is 0 Å². The highest BCUT2D eigenvalue weighted by molar-refractivity contribution is 5.92. The molecule has 23 heavy (non-hydrogen) atoms. The maximum Gasteiger partial charge on any atom is 0.248 e. The van der Waals surface area contributed by atoms with Crippen LogP contribution in [0, 0.1) is 0 Å². The highest BCUT2D eigenvalue weighted by atomic mass is 16.1. The zero-order valence-corrected chi connectivity index (χ0v) is 12.6. The van der Waals surface area contributed by atoms with Gasteiger partial charge in [-0.05, 0) is 23.3 Å². The molecule has 3 rings (SSSR count). The van der Waals surface area contributed by atoms with Gasteiger partial charge in [-0.1, -0.05) is 42.5 Å². The van der Waals surface area contributed by atoms with E-state index >= 15 is 0 Å². The maximum atomic E-state index is 11.3. The molecule has 2 aromatic carbocycles. The average molecular weight is 306 g/mol. The summed E-state index contributed by atoms with van der Waals surface area (Å²) in [4.78, 5) is 18.8. The van der Waals surface area contributed by atoms with Gasteiger partial charge in [-0.15, -0.1) is 0 Å².